The highest BCUT2D eigenvalue weighted by atomic mass is 15.0. The first-order valence-corrected chi connectivity index (χ1v) is 14.4. The number of hydrogen-bond acceptors (Lipinski definition) is 6. The van der Waals surface area contributed by atoms with E-state index in [0.717, 1.165) is 55.4 Å². The molecule has 0 saturated carbocycles. The summed E-state index contributed by atoms with van der Waals surface area (Å²) in [6, 6.07) is 46.4. The largest absolute Gasteiger partial charge is 0.254 e. The zero-order chi connectivity index (χ0) is 29.3. The average Bonchev–Trinajstić information content (AvgIpc) is 3.12. The van der Waals surface area contributed by atoms with E-state index in [9.17, 15) is 0 Å². The molecule has 0 radical (unpaired) electrons. The second kappa shape index (κ2) is 10.9. The molecule has 0 aliphatic heterocycles. The standard InChI is InChI=1S/C38H24N6/c1-4-11-25(12-5-1)31-22-20-26-18-19-27-21-23-32(41-34(27)33(26)40-31)35-30(17-10-24-39-35)38-43-36(28-13-6-2-7-14-28)42-37(44-38)29-15-8-3-9-16-29/h1-24H. The predicted molar refractivity (Wildman–Crippen MR) is 175 cm³/mol. The summed E-state index contributed by atoms with van der Waals surface area (Å²) in [4.78, 5) is 29.7. The van der Waals surface area contributed by atoms with Gasteiger partial charge in [-0.15, -0.1) is 0 Å². The molecule has 0 saturated heterocycles. The van der Waals surface area contributed by atoms with Gasteiger partial charge in [0.15, 0.2) is 17.5 Å². The summed E-state index contributed by atoms with van der Waals surface area (Å²) in [5, 5.41) is 2.04. The molecule has 8 rings (SSSR count). The molecule has 0 fully saturated rings. The maximum absolute atomic E-state index is 5.16. The van der Waals surface area contributed by atoms with Gasteiger partial charge in [-0.1, -0.05) is 115 Å². The van der Waals surface area contributed by atoms with E-state index in [2.05, 4.69) is 42.5 Å². The Morgan fingerprint density at radius 2 is 0.818 bits per heavy atom. The van der Waals surface area contributed by atoms with E-state index in [4.69, 9.17) is 29.9 Å². The van der Waals surface area contributed by atoms with E-state index in [1.165, 1.54) is 0 Å². The van der Waals surface area contributed by atoms with Crippen LogP contribution in [-0.4, -0.2) is 29.9 Å². The van der Waals surface area contributed by atoms with Crippen molar-refractivity contribution in [1.29, 1.82) is 0 Å². The average molecular weight is 565 g/mol. The Bertz CT molecular complexity index is 2210. The van der Waals surface area contributed by atoms with Crippen LogP contribution >= 0.6 is 0 Å². The molecule has 8 aromatic rings. The summed E-state index contributed by atoms with van der Waals surface area (Å²) in [5.74, 6) is 1.73. The van der Waals surface area contributed by atoms with Crippen LogP contribution in [0, 0.1) is 0 Å². The third kappa shape index (κ3) is 4.74. The van der Waals surface area contributed by atoms with Gasteiger partial charge in [0.1, 0.15) is 0 Å². The first kappa shape index (κ1) is 25.6. The first-order chi connectivity index (χ1) is 21.8. The minimum atomic E-state index is 0.533. The second-order valence-electron chi connectivity index (χ2n) is 10.4. The highest BCUT2D eigenvalue weighted by molar-refractivity contribution is 6.04. The zero-order valence-electron chi connectivity index (χ0n) is 23.5. The summed E-state index contributed by atoms with van der Waals surface area (Å²) >= 11 is 0. The minimum absolute atomic E-state index is 0.533. The Kier molecular flexibility index (Phi) is 6.35. The van der Waals surface area contributed by atoms with Gasteiger partial charge < -0.3 is 0 Å². The van der Waals surface area contributed by atoms with Gasteiger partial charge in [-0.2, -0.15) is 0 Å². The van der Waals surface area contributed by atoms with Crippen LogP contribution in [-0.2, 0) is 0 Å². The van der Waals surface area contributed by atoms with Crippen molar-refractivity contribution in [2.45, 2.75) is 0 Å². The lowest BCUT2D eigenvalue weighted by Gasteiger charge is -2.12. The minimum Gasteiger partial charge on any atom is -0.254 e. The lowest BCUT2D eigenvalue weighted by molar-refractivity contribution is 1.07. The molecule has 44 heavy (non-hydrogen) atoms. The zero-order valence-corrected chi connectivity index (χ0v) is 23.5. The van der Waals surface area contributed by atoms with Crippen LogP contribution in [0.3, 0.4) is 0 Å². The number of fused-ring (bicyclic) bond motifs is 3. The molecule has 206 valence electrons. The maximum atomic E-state index is 5.16. The van der Waals surface area contributed by atoms with Crippen molar-refractivity contribution in [3.05, 3.63) is 146 Å². The molecule has 0 aliphatic carbocycles. The van der Waals surface area contributed by atoms with Crippen molar-refractivity contribution in [2.24, 2.45) is 0 Å². The van der Waals surface area contributed by atoms with Crippen LogP contribution in [0.2, 0.25) is 0 Å². The van der Waals surface area contributed by atoms with E-state index >= 15 is 0 Å². The second-order valence-corrected chi connectivity index (χ2v) is 10.4. The molecule has 4 aromatic heterocycles. The van der Waals surface area contributed by atoms with E-state index in [-0.39, 0.29) is 0 Å². The molecule has 0 atom stereocenters. The van der Waals surface area contributed by atoms with Gasteiger partial charge in [0.25, 0.3) is 0 Å². The van der Waals surface area contributed by atoms with Crippen molar-refractivity contribution >= 4 is 21.8 Å². The molecule has 4 heterocycles. The normalized spacial score (nSPS) is 11.2. The van der Waals surface area contributed by atoms with Crippen LogP contribution in [0.15, 0.2) is 146 Å². The smallest absolute Gasteiger partial charge is 0.166 e. The summed E-state index contributed by atoms with van der Waals surface area (Å²) in [7, 11) is 0. The molecular formula is C38H24N6. The lowest BCUT2D eigenvalue weighted by atomic mass is 10.1. The monoisotopic (exact) mass is 564 g/mol. The first-order valence-electron chi connectivity index (χ1n) is 14.4. The van der Waals surface area contributed by atoms with Gasteiger partial charge in [-0.05, 0) is 24.3 Å². The summed E-state index contributed by atoms with van der Waals surface area (Å²) in [5.41, 5.74) is 7.64. The van der Waals surface area contributed by atoms with E-state index in [1.807, 2.05) is 97.1 Å². The van der Waals surface area contributed by atoms with Crippen molar-refractivity contribution in [3.63, 3.8) is 0 Å². The molecule has 0 aliphatic rings. The highest BCUT2D eigenvalue weighted by Crippen LogP contribution is 2.33. The highest BCUT2D eigenvalue weighted by Gasteiger charge is 2.18. The number of pyridine rings is 3. The summed E-state index contributed by atoms with van der Waals surface area (Å²) in [6.07, 6.45) is 1.77. The molecule has 0 spiro atoms. The SMILES string of the molecule is c1ccc(-c2ccc3ccc4ccc(-c5ncccc5-c5nc(-c6ccccc6)nc(-c6ccccc6)n5)nc4c3n2)cc1. The number of nitrogens with zero attached hydrogens (tertiary/aromatic N) is 6. The summed E-state index contributed by atoms with van der Waals surface area (Å²) in [6.45, 7) is 0. The molecule has 0 N–H and O–H groups in total. The van der Waals surface area contributed by atoms with Gasteiger partial charge in [0.2, 0.25) is 0 Å². The Morgan fingerprint density at radius 3 is 1.41 bits per heavy atom. The van der Waals surface area contributed by atoms with E-state index in [1.54, 1.807) is 6.20 Å². The third-order valence-corrected chi connectivity index (χ3v) is 7.58. The molecular weight excluding hydrogens is 540 g/mol. The van der Waals surface area contributed by atoms with Crippen molar-refractivity contribution in [1.82, 2.24) is 29.9 Å². The fraction of sp³-hybridized carbons (Fsp3) is 0. The number of aromatic nitrogens is 6. The Labute approximate surface area is 253 Å². The Morgan fingerprint density at radius 1 is 0.341 bits per heavy atom. The molecule has 0 amide bonds. The van der Waals surface area contributed by atoms with Crippen molar-refractivity contribution < 1.29 is 0 Å². The van der Waals surface area contributed by atoms with Gasteiger partial charge >= 0.3 is 0 Å². The van der Waals surface area contributed by atoms with Crippen LogP contribution in [0.1, 0.15) is 0 Å². The van der Waals surface area contributed by atoms with Gasteiger partial charge in [-0.25, -0.2) is 24.9 Å². The Balaban J connectivity index is 1.31. The molecule has 0 bridgehead atoms. The summed E-state index contributed by atoms with van der Waals surface area (Å²) < 4.78 is 0. The van der Waals surface area contributed by atoms with Crippen molar-refractivity contribution in [3.8, 4) is 56.8 Å². The topological polar surface area (TPSA) is 77.3 Å². The lowest BCUT2D eigenvalue weighted by Crippen LogP contribution is -2.02. The molecule has 6 heteroatoms. The maximum Gasteiger partial charge on any atom is 0.166 e. The number of hydrogen-bond donors (Lipinski definition) is 0. The fourth-order valence-electron chi connectivity index (χ4n) is 5.39. The number of rotatable bonds is 5. The fourth-order valence-corrected chi connectivity index (χ4v) is 5.39. The van der Waals surface area contributed by atoms with Gasteiger partial charge in [0.05, 0.1) is 28.1 Å². The van der Waals surface area contributed by atoms with Gasteiger partial charge in [-0.3, -0.25) is 4.98 Å². The van der Waals surface area contributed by atoms with Gasteiger partial charge in [0, 0.05) is 39.2 Å². The third-order valence-electron chi connectivity index (χ3n) is 7.58. The molecule has 0 unspecified atom stereocenters. The Hall–Kier alpha value is -6.14. The quantitative estimate of drug-likeness (QED) is 0.195. The van der Waals surface area contributed by atoms with Crippen molar-refractivity contribution in [2.75, 3.05) is 0 Å². The molecule has 6 nitrogen and oxygen atoms in total. The van der Waals surface area contributed by atoms with Crippen LogP contribution in [0.25, 0.3) is 78.6 Å². The van der Waals surface area contributed by atoms with Crippen LogP contribution in [0.5, 0.6) is 0 Å². The van der Waals surface area contributed by atoms with E-state index < -0.39 is 0 Å². The number of benzene rings is 4. The predicted octanol–water partition coefficient (Wildman–Crippen LogP) is 8.70. The van der Waals surface area contributed by atoms with Crippen LogP contribution in [0.4, 0.5) is 0 Å². The van der Waals surface area contributed by atoms with E-state index in [0.29, 0.717) is 23.2 Å². The molecule has 4 aromatic carbocycles. The van der Waals surface area contributed by atoms with Crippen LogP contribution < -0.4 is 0 Å².